The van der Waals surface area contributed by atoms with E-state index in [1.165, 1.54) is 18.2 Å². The van der Waals surface area contributed by atoms with Crippen LogP contribution < -0.4 is 15.0 Å². The Morgan fingerprint density at radius 1 is 1.04 bits per heavy atom. The molecular weight excluding hydrogens is 706 g/mol. The summed E-state index contributed by atoms with van der Waals surface area (Å²) in [6.45, 7) is 16.0. The lowest BCUT2D eigenvalue weighted by molar-refractivity contribution is 0.107. The monoisotopic (exact) mass is 758 g/mol. The molecule has 2 aromatic heterocycles. The number of hydrogen-bond acceptors (Lipinski definition) is 8. The standard InChI is InChI=1S/C42H53F3N6O2Si/c1-25(2)54(26(3)4,27(5)6)17-13-32-35(44)12-11-28-18-31(52)19-33(36(28)32)38-37(45)39-34(21-47-38)40(50-15-8-10-30(23-50)46-7)49-41(48-39)53-24-42-14-9-16-51(42)22-29(43)20-42/h11-12,18-19,21,25-27,29-30,46,52H,8-10,14-16,20,22-24H2,1-7H3/t29-,30-,42+/m1/s1. The number of phenols is 1. The van der Waals surface area contributed by atoms with E-state index in [4.69, 9.17) is 9.72 Å². The van der Waals surface area contributed by atoms with Crippen molar-refractivity contribution in [1.82, 2.24) is 25.2 Å². The molecule has 12 heteroatoms. The van der Waals surface area contributed by atoms with Crippen molar-refractivity contribution < 1.29 is 23.0 Å². The molecule has 3 aliphatic rings. The Morgan fingerprint density at radius 3 is 2.52 bits per heavy atom. The van der Waals surface area contributed by atoms with E-state index in [-0.39, 0.29) is 46.7 Å². The maximum atomic E-state index is 17.3. The van der Waals surface area contributed by atoms with Crippen molar-refractivity contribution >= 4 is 35.6 Å². The van der Waals surface area contributed by atoms with Crippen LogP contribution in [0.2, 0.25) is 16.6 Å². The molecule has 4 aromatic rings. The molecule has 3 fully saturated rings. The van der Waals surface area contributed by atoms with Gasteiger partial charge in [0, 0.05) is 49.2 Å². The molecule has 0 unspecified atom stereocenters. The summed E-state index contributed by atoms with van der Waals surface area (Å²) < 4.78 is 54.3. The number of aromatic hydroxyl groups is 1. The van der Waals surface area contributed by atoms with Crippen LogP contribution in [0.3, 0.4) is 0 Å². The van der Waals surface area contributed by atoms with Gasteiger partial charge in [0.2, 0.25) is 0 Å². The lowest BCUT2D eigenvalue weighted by Gasteiger charge is -2.38. The average Bonchev–Trinajstić information content (AvgIpc) is 3.66. The van der Waals surface area contributed by atoms with Crippen molar-refractivity contribution in [3.8, 4) is 34.5 Å². The molecule has 3 aliphatic heterocycles. The number of likely N-dealkylation sites (N-methyl/N-ethyl adjacent to an activating group) is 1. The Morgan fingerprint density at radius 2 is 1.80 bits per heavy atom. The van der Waals surface area contributed by atoms with Crippen LogP contribution in [-0.2, 0) is 0 Å². The van der Waals surface area contributed by atoms with E-state index in [2.05, 4.69) is 78.1 Å². The van der Waals surface area contributed by atoms with Gasteiger partial charge in [0.15, 0.2) is 5.82 Å². The molecule has 288 valence electrons. The molecule has 0 spiro atoms. The van der Waals surface area contributed by atoms with Gasteiger partial charge in [-0.05, 0) is 79.5 Å². The van der Waals surface area contributed by atoms with Crippen molar-refractivity contribution in [2.45, 2.75) is 108 Å². The molecule has 0 aliphatic carbocycles. The molecule has 54 heavy (non-hydrogen) atoms. The minimum absolute atomic E-state index is 0.00790. The minimum Gasteiger partial charge on any atom is -0.508 e. The number of rotatable bonds is 9. The zero-order chi connectivity index (χ0) is 38.5. The van der Waals surface area contributed by atoms with Crippen LogP contribution in [0, 0.1) is 23.1 Å². The highest BCUT2D eigenvalue weighted by atomic mass is 28.3. The van der Waals surface area contributed by atoms with Crippen molar-refractivity contribution in [1.29, 1.82) is 0 Å². The highest BCUT2D eigenvalue weighted by Crippen LogP contribution is 2.43. The third kappa shape index (κ3) is 6.70. The van der Waals surface area contributed by atoms with E-state index in [1.54, 1.807) is 12.3 Å². The number of piperidine rings is 1. The second-order valence-corrected chi connectivity index (χ2v) is 22.2. The van der Waals surface area contributed by atoms with Crippen molar-refractivity contribution in [3.63, 3.8) is 0 Å². The van der Waals surface area contributed by atoms with Crippen LogP contribution >= 0.6 is 0 Å². The predicted molar refractivity (Wildman–Crippen MR) is 213 cm³/mol. The van der Waals surface area contributed by atoms with Crippen LogP contribution in [0.5, 0.6) is 11.8 Å². The van der Waals surface area contributed by atoms with Gasteiger partial charge in [-0.15, -0.1) is 5.54 Å². The van der Waals surface area contributed by atoms with Crippen LogP contribution in [0.15, 0.2) is 30.5 Å². The lowest BCUT2D eigenvalue weighted by atomic mass is 9.95. The Balaban J connectivity index is 1.40. The molecule has 8 nitrogen and oxygen atoms in total. The summed E-state index contributed by atoms with van der Waals surface area (Å²) in [5, 5.41) is 15.6. The second kappa shape index (κ2) is 15.0. The number of ether oxygens (including phenoxy) is 1. The van der Waals surface area contributed by atoms with Crippen LogP contribution in [-0.4, -0.2) is 90.6 Å². The molecular formula is C42H53F3N6O2Si. The number of nitrogens with zero attached hydrogens (tertiary/aromatic N) is 5. The predicted octanol–water partition coefficient (Wildman–Crippen LogP) is 8.54. The molecule has 3 atom stereocenters. The molecule has 0 radical (unpaired) electrons. The van der Waals surface area contributed by atoms with Crippen LogP contribution in [0.25, 0.3) is 32.9 Å². The number of pyridine rings is 1. The number of benzene rings is 2. The summed E-state index contributed by atoms with van der Waals surface area (Å²) in [6, 6.07) is 6.12. The van der Waals surface area contributed by atoms with E-state index >= 15 is 8.78 Å². The van der Waals surface area contributed by atoms with E-state index in [0.29, 0.717) is 64.7 Å². The van der Waals surface area contributed by atoms with Gasteiger partial charge in [0.25, 0.3) is 0 Å². The van der Waals surface area contributed by atoms with Gasteiger partial charge < -0.3 is 20.1 Å². The van der Waals surface area contributed by atoms with Crippen molar-refractivity contribution in [2.24, 2.45) is 0 Å². The largest absolute Gasteiger partial charge is 0.508 e. The second-order valence-electron chi connectivity index (χ2n) is 16.6. The molecule has 7 rings (SSSR count). The molecule has 5 heterocycles. The molecule has 0 saturated carbocycles. The Hall–Kier alpha value is -3.92. The Labute approximate surface area is 317 Å². The summed E-state index contributed by atoms with van der Waals surface area (Å²) in [5.74, 6) is 2.43. The van der Waals surface area contributed by atoms with Crippen LogP contribution in [0.1, 0.15) is 79.2 Å². The topological polar surface area (TPSA) is 86.6 Å². The highest BCUT2D eigenvalue weighted by Gasteiger charge is 2.49. The summed E-state index contributed by atoms with van der Waals surface area (Å²) in [5.41, 5.74) is 4.45. The van der Waals surface area contributed by atoms with Crippen molar-refractivity contribution in [3.05, 3.63) is 47.7 Å². The number of nitrogens with one attached hydrogen (secondary N) is 1. The number of aromatic nitrogens is 3. The molecule has 0 bridgehead atoms. The molecule has 3 saturated heterocycles. The number of fused-ring (bicyclic) bond motifs is 3. The number of phenolic OH excluding ortho intramolecular Hbond substituents is 1. The van der Waals surface area contributed by atoms with Gasteiger partial charge in [-0.1, -0.05) is 53.5 Å². The maximum absolute atomic E-state index is 17.3. The first-order chi connectivity index (χ1) is 25.8. The fourth-order valence-corrected chi connectivity index (χ4v) is 15.1. The number of hydrogen-bond donors (Lipinski definition) is 2. The first kappa shape index (κ1) is 38.4. The fourth-order valence-electron chi connectivity index (χ4n) is 9.91. The van der Waals surface area contributed by atoms with E-state index in [9.17, 15) is 9.50 Å². The molecule has 2 N–H and O–H groups in total. The average molecular weight is 759 g/mol. The van der Waals surface area contributed by atoms with E-state index < -0.39 is 31.4 Å². The first-order valence-electron chi connectivity index (χ1n) is 19.6. The number of alkyl halides is 1. The SMILES string of the molecule is CN[C@@H]1CCCN(c2nc(OC[C@@]34CCCN3C[C@H](F)C4)nc3c(F)c(-c4cc(O)cc5ccc(F)c(C#C[Si](C(C)C)(C(C)C)C(C)C)c45)ncc23)C1. The third-order valence-electron chi connectivity index (χ3n) is 12.6. The minimum atomic E-state index is -2.27. The van der Waals surface area contributed by atoms with Gasteiger partial charge in [0.05, 0.1) is 16.5 Å². The molecule has 2 aromatic carbocycles. The highest BCUT2D eigenvalue weighted by molar-refractivity contribution is 6.90. The Kier molecular flexibility index (Phi) is 10.6. The molecule has 0 amide bonds. The third-order valence-corrected chi connectivity index (χ3v) is 18.9. The maximum Gasteiger partial charge on any atom is 0.319 e. The van der Waals surface area contributed by atoms with Gasteiger partial charge in [0.1, 0.15) is 49.4 Å². The van der Waals surface area contributed by atoms with Crippen molar-refractivity contribution in [2.75, 3.05) is 44.7 Å². The van der Waals surface area contributed by atoms with Gasteiger partial charge in [-0.2, -0.15) is 9.97 Å². The van der Waals surface area contributed by atoms with Gasteiger partial charge >= 0.3 is 6.01 Å². The van der Waals surface area contributed by atoms with Gasteiger partial charge in [-0.25, -0.2) is 13.2 Å². The van der Waals surface area contributed by atoms with Gasteiger partial charge in [-0.3, -0.25) is 9.88 Å². The van der Waals surface area contributed by atoms with E-state index in [0.717, 1.165) is 32.2 Å². The quantitative estimate of drug-likeness (QED) is 0.130. The Bertz CT molecular complexity index is 2100. The normalized spacial score (nSPS) is 22.1. The zero-order valence-corrected chi connectivity index (χ0v) is 33.6. The number of anilines is 1. The fraction of sp³-hybridized carbons (Fsp3) is 0.548. The smallest absolute Gasteiger partial charge is 0.319 e. The summed E-state index contributed by atoms with van der Waals surface area (Å²) >= 11 is 0. The number of halogens is 3. The van der Waals surface area contributed by atoms with E-state index in [1.807, 2.05) is 7.05 Å². The summed E-state index contributed by atoms with van der Waals surface area (Å²) in [4.78, 5) is 18.4. The van der Waals surface area contributed by atoms with Crippen LogP contribution in [0.4, 0.5) is 19.0 Å². The summed E-state index contributed by atoms with van der Waals surface area (Å²) in [6.07, 6.45) is 4.71. The lowest BCUT2D eigenvalue weighted by Crippen LogP contribution is -2.45. The first-order valence-corrected chi connectivity index (χ1v) is 21.8. The summed E-state index contributed by atoms with van der Waals surface area (Å²) in [7, 11) is -0.345. The zero-order valence-electron chi connectivity index (χ0n) is 32.6.